The molecule has 0 unspecified atom stereocenters. The minimum absolute atomic E-state index is 0.00237. The molecule has 2 aromatic carbocycles. The maximum atomic E-state index is 12.7. The van der Waals surface area contributed by atoms with Crippen LogP contribution in [0.2, 0.25) is 0 Å². The van der Waals surface area contributed by atoms with Crippen molar-refractivity contribution in [3.8, 4) is 0 Å². The molecule has 2 aliphatic heterocycles. The molecule has 0 atom stereocenters. The number of piperidine rings is 2. The molecule has 188 valence electrons. The second-order valence-corrected chi connectivity index (χ2v) is 10.1. The minimum Gasteiger partial charge on any atom is -0.392 e. The summed E-state index contributed by atoms with van der Waals surface area (Å²) in [5, 5.41) is 18.3. The Hall–Kier alpha value is -2.70. The molecule has 4 rings (SSSR count). The zero-order valence-electron chi connectivity index (χ0n) is 20.6. The molecule has 2 saturated heterocycles. The summed E-state index contributed by atoms with van der Waals surface area (Å²) in [5.41, 5.74) is 3.05. The van der Waals surface area contributed by atoms with Crippen LogP contribution < -0.4 is 0 Å². The predicted octanol–water partition coefficient (Wildman–Crippen LogP) is 4.25. The van der Waals surface area contributed by atoms with Gasteiger partial charge in [0.2, 0.25) is 0 Å². The third-order valence-electron chi connectivity index (χ3n) is 7.80. The van der Waals surface area contributed by atoms with Gasteiger partial charge in [-0.05, 0) is 72.9 Å². The van der Waals surface area contributed by atoms with Crippen LogP contribution in [0.3, 0.4) is 0 Å². The number of carbonyl (C=O) groups excluding carboxylic acids is 2. The Morgan fingerprint density at radius 3 is 1.29 bits per heavy atom. The zero-order chi connectivity index (χ0) is 24.6. The lowest BCUT2D eigenvalue weighted by molar-refractivity contribution is 0.0680. The molecule has 0 spiro atoms. The van der Waals surface area contributed by atoms with E-state index < -0.39 is 0 Å². The van der Waals surface area contributed by atoms with E-state index in [0.717, 1.165) is 63.0 Å². The minimum atomic E-state index is -0.00237. The van der Waals surface area contributed by atoms with E-state index in [-0.39, 0.29) is 25.0 Å². The van der Waals surface area contributed by atoms with Crippen LogP contribution in [0, 0.1) is 11.8 Å². The summed E-state index contributed by atoms with van der Waals surface area (Å²) in [6, 6.07) is 14.5. The van der Waals surface area contributed by atoms with Crippen molar-refractivity contribution < 1.29 is 19.8 Å². The van der Waals surface area contributed by atoms with Gasteiger partial charge in [0.25, 0.3) is 11.8 Å². The van der Waals surface area contributed by atoms with Gasteiger partial charge in [-0.25, -0.2) is 0 Å². The number of hydrogen-bond acceptors (Lipinski definition) is 4. The number of benzene rings is 2. The number of aliphatic hydroxyl groups excluding tert-OH is 2. The van der Waals surface area contributed by atoms with Crippen LogP contribution in [-0.4, -0.2) is 58.0 Å². The molecule has 35 heavy (non-hydrogen) atoms. The maximum absolute atomic E-state index is 12.7. The van der Waals surface area contributed by atoms with Crippen molar-refractivity contribution in [2.24, 2.45) is 11.8 Å². The van der Waals surface area contributed by atoms with Crippen molar-refractivity contribution in [1.82, 2.24) is 9.80 Å². The number of carbonyl (C=O) groups is 2. The quantitative estimate of drug-likeness (QED) is 0.595. The Morgan fingerprint density at radius 2 is 0.971 bits per heavy atom. The first-order valence-corrected chi connectivity index (χ1v) is 13.1. The molecule has 0 bridgehead atoms. The Kier molecular flexibility index (Phi) is 8.94. The Balaban J connectivity index is 1.12. The van der Waals surface area contributed by atoms with Crippen LogP contribution in [0.25, 0.3) is 0 Å². The van der Waals surface area contributed by atoms with Gasteiger partial charge < -0.3 is 20.0 Å². The summed E-state index contributed by atoms with van der Waals surface area (Å²) in [6.07, 6.45) is 7.96. The first kappa shape index (κ1) is 25.4. The number of nitrogens with zero attached hydrogens (tertiary/aromatic N) is 2. The van der Waals surface area contributed by atoms with Crippen LogP contribution in [0.5, 0.6) is 0 Å². The van der Waals surface area contributed by atoms with Crippen molar-refractivity contribution in [2.45, 2.75) is 58.2 Å². The fraction of sp³-hybridized carbons (Fsp3) is 0.517. The topological polar surface area (TPSA) is 81.1 Å². The first-order chi connectivity index (χ1) is 17.1. The summed E-state index contributed by atoms with van der Waals surface area (Å²) in [5.74, 6) is 1.58. The molecule has 0 radical (unpaired) electrons. The Bertz CT molecular complexity index is 878. The van der Waals surface area contributed by atoms with Crippen LogP contribution >= 0.6 is 0 Å². The first-order valence-electron chi connectivity index (χ1n) is 13.1. The monoisotopic (exact) mass is 478 g/mol. The summed E-state index contributed by atoms with van der Waals surface area (Å²) in [6.45, 7) is 3.29. The molecule has 0 aromatic heterocycles. The predicted molar refractivity (Wildman–Crippen MR) is 136 cm³/mol. The number of amides is 2. The van der Waals surface area contributed by atoms with Crippen molar-refractivity contribution in [2.75, 3.05) is 26.2 Å². The van der Waals surface area contributed by atoms with E-state index in [9.17, 15) is 19.8 Å². The van der Waals surface area contributed by atoms with Gasteiger partial charge in [-0.15, -0.1) is 0 Å². The van der Waals surface area contributed by atoms with Gasteiger partial charge in [0.05, 0.1) is 13.2 Å². The molecule has 2 heterocycles. The van der Waals surface area contributed by atoms with E-state index in [2.05, 4.69) is 0 Å². The van der Waals surface area contributed by atoms with Crippen LogP contribution in [0.15, 0.2) is 48.5 Å². The fourth-order valence-electron chi connectivity index (χ4n) is 5.42. The number of likely N-dealkylation sites (tertiary alicyclic amines) is 2. The van der Waals surface area contributed by atoms with Crippen LogP contribution in [-0.2, 0) is 13.2 Å². The summed E-state index contributed by atoms with van der Waals surface area (Å²) in [4.78, 5) is 29.4. The molecule has 2 aliphatic rings. The molecule has 2 aromatic rings. The number of hydrogen-bond donors (Lipinski definition) is 2. The lowest BCUT2D eigenvalue weighted by atomic mass is 9.86. The third-order valence-corrected chi connectivity index (χ3v) is 7.80. The molecule has 2 N–H and O–H groups in total. The van der Waals surface area contributed by atoms with Crippen LogP contribution in [0.4, 0.5) is 0 Å². The molecular weight excluding hydrogens is 440 g/mol. The Labute approximate surface area is 208 Å². The van der Waals surface area contributed by atoms with Gasteiger partial charge in [0, 0.05) is 37.3 Å². The average Bonchev–Trinajstić information content (AvgIpc) is 2.93. The van der Waals surface area contributed by atoms with E-state index in [1.807, 2.05) is 58.3 Å². The normalized spacial score (nSPS) is 17.5. The van der Waals surface area contributed by atoms with Crippen molar-refractivity contribution in [3.05, 3.63) is 70.8 Å². The van der Waals surface area contributed by atoms with Gasteiger partial charge in [0.15, 0.2) is 0 Å². The second kappa shape index (κ2) is 12.3. The van der Waals surface area contributed by atoms with E-state index in [0.29, 0.717) is 23.0 Å². The second-order valence-electron chi connectivity index (χ2n) is 10.1. The largest absolute Gasteiger partial charge is 0.392 e. The molecular formula is C29H38N2O4. The SMILES string of the molecule is O=C(c1ccc(CO)cc1)N1CCC(CCCC2CCN(C(=O)c3ccc(CO)cc3)CC2)CC1. The van der Waals surface area contributed by atoms with E-state index in [4.69, 9.17) is 0 Å². The lowest BCUT2D eigenvalue weighted by Crippen LogP contribution is -2.39. The van der Waals surface area contributed by atoms with Gasteiger partial charge in [-0.3, -0.25) is 9.59 Å². The van der Waals surface area contributed by atoms with E-state index in [1.165, 1.54) is 19.3 Å². The molecule has 6 nitrogen and oxygen atoms in total. The molecule has 0 aliphatic carbocycles. The molecule has 2 amide bonds. The highest BCUT2D eigenvalue weighted by atomic mass is 16.3. The summed E-state index contributed by atoms with van der Waals surface area (Å²) >= 11 is 0. The fourth-order valence-corrected chi connectivity index (χ4v) is 5.42. The van der Waals surface area contributed by atoms with Crippen molar-refractivity contribution in [3.63, 3.8) is 0 Å². The van der Waals surface area contributed by atoms with E-state index >= 15 is 0 Å². The van der Waals surface area contributed by atoms with Gasteiger partial charge in [-0.1, -0.05) is 43.5 Å². The summed E-state index contributed by atoms with van der Waals surface area (Å²) < 4.78 is 0. The van der Waals surface area contributed by atoms with Crippen molar-refractivity contribution in [1.29, 1.82) is 0 Å². The average molecular weight is 479 g/mol. The molecule has 2 fully saturated rings. The smallest absolute Gasteiger partial charge is 0.253 e. The van der Waals surface area contributed by atoms with Gasteiger partial charge in [-0.2, -0.15) is 0 Å². The third kappa shape index (κ3) is 6.71. The number of rotatable bonds is 8. The summed E-state index contributed by atoms with van der Waals surface area (Å²) in [7, 11) is 0. The Morgan fingerprint density at radius 1 is 0.629 bits per heavy atom. The zero-order valence-corrected chi connectivity index (χ0v) is 20.6. The lowest BCUT2D eigenvalue weighted by Gasteiger charge is -2.34. The molecule has 0 saturated carbocycles. The number of aliphatic hydroxyl groups is 2. The van der Waals surface area contributed by atoms with Gasteiger partial charge in [0.1, 0.15) is 0 Å². The highest BCUT2D eigenvalue weighted by Gasteiger charge is 2.26. The standard InChI is InChI=1S/C29H38N2O4/c32-20-24-4-8-26(9-5-24)28(34)30-16-12-22(13-17-30)2-1-3-23-14-18-31(19-15-23)29(35)27-10-6-25(21-33)7-11-27/h4-11,22-23,32-33H,1-3,12-21H2. The molecule has 6 heteroatoms. The highest BCUT2D eigenvalue weighted by Crippen LogP contribution is 2.28. The maximum Gasteiger partial charge on any atom is 0.253 e. The van der Waals surface area contributed by atoms with Gasteiger partial charge >= 0.3 is 0 Å². The highest BCUT2D eigenvalue weighted by molar-refractivity contribution is 5.94. The van der Waals surface area contributed by atoms with Crippen LogP contribution in [0.1, 0.15) is 76.8 Å². The van der Waals surface area contributed by atoms with E-state index in [1.54, 1.807) is 0 Å². The van der Waals surface area contributed by atoms with Crippen molar-refractivity contribution >= 4 is 11.8 Å².